The highest BCUT2D eigenvalue weighted by molar-refractivity contribution is 7.17. The summed E-state index contributed by atoms with van der Waals surface area (Å²) in [4.78, 5) is 36.5. The van der Waals surface area contributed by atoms with Crippen LogP contribution in [0.4, 0.5) is 26.0 Å². The van der Waals surface area contributed by atoms with E-state index in [1.807, 2.05) is 30.3 Å². The number of amides is 2. The maximum absolute atomic E-state index is 15.6. The number of carbonyl (C=O) groups excluding carboxylic acids is 2. The van der Waals surface area contributed by atoms with Crippen molar-refractivity contribution >= 4 is 40.3 Å². The van der Waals surface area contributed by atoms with Crippen molar-refractivity contribution in [3.05, 3.63) is 124 Å². The fourth-order valence-electron chi connectivity index (χ4n) is 5.82. The summed E-state index contributed by atoms with van der Waals surface area (Å²) in [5, 5.41) is 2.68. The van der Waals surface area contributed by atoms with Gasteiger partial charge in [-0.1, -0.05) is 48.5 Å². The highest BCUT2D eigenvalue weighted by Crippen LogP contribution is 2.43. The Morgan fingerprint density at radius 3 is 2.58 bits per heavy atom. The largest absolute Gasteiger partial charge is 0.491 e. The van der Waals surface area contributed by atoms with Crippen LogP contribution < -0.4 is 19.9 Å². The number of pyridine rings is 1. The predicted octanol–water partition coefficient (Wildman–Crippen LogP) is 7.25. The van der Waals surface area contributed by atoms with E-state index in [0.717, 1.165) is 16.9 Å². The zero-order chi connectivity index (χ0) is 31.1. The Balaban J connectivity index is 1.19. The van der Waals surface area contributed by atoms with Crippen LogP contribution in [0.5, 0.6) is 5.75 Å². The summed E-state index contributed by atoms with van der Waals surface area (Å²) in [6.45, 7) is 3.55. The number of aryl methyl sites for hydroxylation is 1. The van der Waals surface area contributed by atoms with Gasteiger partial charge in [-0.2, -0.15) is 0 Å². The molecule has 45 heavy (non-hydrogen) atoms. The number of thiophene rings is 1. The summed E-state index contributed by atoms with van der Waals surface area (Å²) in [5.74, 6) is -0.473. The van der Waals surface area contributed by atoms with Crippen molar-refractivity contribution in [3.8, 4) is 16.2 Å². The van der Waals surface area contributed by atoms with Gasteiger partial charge < -0.3 is 19.9 Å². The Labute approximate surface area is 262 Å². The summed E-state index contributed by atoms with van der Waals surface area (Å²) in [6, 6.07) is 24.1. The van der Waals surface area contributed by atoms with Crippen molar-refractivity contribution < 1.29 is 23.1 Å². The molecule has 7 rings (SSSR count). The molecule has 0 radical (unpaired) electrons. The minimum absolute atomic E-state index is 0.126. The maximum atomic E-state index is 15.6. The van der Waals surface area contributed by atoms with Crippen LogP contribution in [0.3, 0.4) is 0 Å². The van der Waals surface area contributed by atoms with Crippen molar-refractivity contribution in [1.29, 1.82) is 0 Å². The fourth-order valence-corrected chi connectivity index (χ4v) is 6.95. The number of carbonyl (C=O) groups is 2. The molecule has 4 heterocycles. The van der Waals surface area contributed by atoms with Crippen molar-refractivity contribution in [2.45, 2.75) is 19.9 Å². The van der Waals surface area contributed by atoms with E-state index in [9.17, 15) is 14.0 Å². The highest BCUT2D eigenvalue weighted by atomic mass is 32.1. The first kappa shape index (κ1) is 28.7. The van der Waals surface area contributed by atoms with Gasteiger partial charge in [0.2, 0.25) is 0 Å². The number of nitrogens with zero attached hydrogens (tertiary/aromatic N) is 3. The Kier molecular flexibility index (Phi) is 7.50. The van der Waals surface area contributed by atoms with Crippen LogP contribution in [0.2, 0.25) is 0 Å². The average molecular weight is 623 g/mol. The zero-order valence-corrected chi connectivity index (χ0v) is 25.2. The number of halogens is 2. The number of hydrogen-bond acceptors (Lipinski definition) is 6. The first-order chi connectivity index (χ1) is 21.9. The van der Waals surface area contributed by atoms with Crippen molar-refractivity contribution in [2.75, 3.05) is 34.8 Å². The van der Waals surface area contributed by atoms with Crippen molar-refractivity contribution in [2.24, 2.45) is 0 Å². The van der Waals surface area contributed by atoms with Crippen LogP contribution in [-0.4, -0.2) is 36.5 Å². The lowest BCUT2D eigenvalue weighted by Crippen LogP contribution is -2.34. The van der Waals surface area contributed by atoms with E-state index in [2.05, 4.69) is 10.2 Å². The number of hydrogen-bond donors (Lipinski definition) is 1. The van der Waals surface area contributed by atoms with Crippen LogP contribution in [0.25, 0.3) is 10.4 Å². The molecule has 7 nitrogen and oxygen atoms in total. The van der Waals surface area contributed by atoms with Crippen LogP contribution in [-0.2, 0) is 13.0 Å². The van der Waals surface area contributed by atoms with Crippen LogP contribution >= 0.6 is 11.3 Å². The lowest BCUT2D eigenvalue weighted by molar-refractivity contribution is 0.0980. The monoisotopic (exact) mass is 622 g/mol. The second kappa shape index (κ2) is 11.8. The molecule has 5 aromatic rings. The third kappa shape index (κ3) is 5.42. The van der Waals surface area contributed by atoms with E-state index in [0.29, 0.717) is 52.8 Å². The van der Waals surface area contributed by atoms with Gasteiger partial charge in [0.1, 0.15) is 35.5 Å². The molecule has 2 aliphatic rings. The number of nitrogens with one attached hydrogen (secondary N) is 1. The highest BCUT2D eigenvalue weighted by Gasteiger charge is 2.31. The molecule has 0 saturated heterocycles. The van der Waals surface area contributed by atoms with E-state index >= 15 is 4.39 Å². The minimum atomic E-state index is -0.549. The lowest BCUT2D eigenvalue weighted by atomic mass is 10.1. The molecule has 0 unspecified atom stereocenters. The van der Waals surface area contributed by atoms with Gasteiger partial charge in [-0.3, -0.25) is 9.59 Å². The van der Waals surface area contributed by atoms with Gasteiger partial charge in [0.25, 0.3) is 11.8 Å². The van der Waals surface area contributed by atoms with E-state index in [-0.39, 0.29) is 23.6 Å². The molecule has 2 aromatic heterocycles. The van der Waals surface area contributed by atoms with Crippen molar-refractivity contribution in [1.82, 2.24) is 4.98 Å². The molecule has 0 fully saturated rings. The molecule has 2 aliphatic heterocycles. The number of benzene rings is 3. The average Bonchev–Trinajstić information content (AvgIpc) is 3.26. The molecule has 0 atom stereocenters. The zero-order valence-electron chi connectivity index (χ0n) is 24.3. The Hall–Kier alpha value is -5.09. The number of fused-ring (bicyclic) bond motifs is 4. The van der Waals surface area contributed by atoms with Gasteiger partial charge >= 0.3 is 0 Å². The molecule has 0 aliphatic carbocycles. The summed E-state index contributed by atoms with van der Waals surface area (Å²) >= 11 is 1.19. The second-order valence-corrected chi connectivity index (χ2v) is 12.0. The SMILES string of the molecule is Cc1cccc(F)c1NC(=O)c1cc2c(s1)-c1cccc(F)c1N(C(=O)c1cccc(N3CCOc4ccccc4C3)n1)CC2. The Morgan fingerprint density at radius 2 is 1.71 bits per heavy atom. The van der Waals surface area contributed by atoms with E-state index in [4.69, 9.17) is 9.72 Å². The summed E-state index contributed by atoms with van der Waals surface area (Å²) in [5.41, 5.74) is 3.42. The molecule has 1 N–H and O–H groups in total. The standard InChI is InChI=1S/C35H28F2N4O3S/c1-21-7-4-10-25(36)31(21)39-34(42)29-19-22-15-16-41(32-24(33(22)45-29)9-5-11-26(32)37)35(43)27-12-6-14-30(38-27)40-17-18-44-28-13-3-2-8-23(28)20-40/h2-14,19H,15-18,20H2,1H3,(H,39,42). The number of anilines is 3. The summed E-state index contributed by atoms with van der Waals surface area (Å²) in [6.07, 6.45) is 0.387. The second-order valence-electron chi connectivity index (χ2n) is 11.0. The quantitative estimate of drug-likeness (QED) is 0.229. The third-order valence-electron chi connectivity index (χ3n) is 8.07. The van der Waals surface area contributed by atoms with Gasteiger partial charge in [-0.25, -0.2) is 13.8 Å². The van der Waals surface area contributed by atoms with Gasteiger partial charge in [-0.15, -0.1) is 11.3 Å². The smallest absolute Gasteiger partial charge is 0.277 e. The number of para-hydroxylation sites is 3. The van der Waals surface area contributed by atoms with E-state index < -0.39 is 23.4 Å². The maximum Gasteiger partial charge on any atom is 0.277 e. The number of ether oxygens (including phenoxy) is 1. The molecule has 226 valence electrons. The van der Waals surface area contributed by atoms with Gasteiger partial charge in [0.15, 0.2) is 0 Å². The molecule has 10 heteroatoms. The molecule has 0 bridgehead atoms. The molecule has 2 amide bonds. The van der Waals surface area contributed by atoms with Crippen LogP contribution in [0.1, 0.15) is 36.9 Å². The van der Waals surface area contributed by atoms with E-state index in [1.54, 1.807) is 49.4 Å². The number of aromatic nitrogens is 1. The normalized spacial score (nSPS) is 13.9. The van der Waals surface area contributed by atoms with Crippen molar-refractivity contribution in [3.63, 3.8) is 0 Å². The first-order valence-electron chi connectivity index (χ1n) is 14.6. The first-order valence-corrected chi connectivity index (χ1v) is 15.4. The van der Waals surface area contributed by atoms with Crippen LogP contribution in [0, 0.1) is 18.6 Å². The molecule has 0 spiro atoms. The van der Waals surface area contributed by atoms with Crippen LogP contribution in [0.15, 0.2) is 84.9 Å². The summed E-state index contributed by atoms with van der Waals surface area (Å²) in [7, 11) is 0. The topological polar surface area (TPSA) is 74.8 Å². The molecular formula is C35H28F2N4O3S. The molecule has 0 saturated carbocycles. The summed E-state index contributed by atoms with van der Waals surface area (Å²) < 4.78 is 35.9. The van der Waals surface area contributed by atoms with Gasteiger partial charge in [0.05, 0.1) is 22.8 Å². The Morgan fingerprint density at radius 1 is 0.911 bits per heavy atom. The predicted molar refractivity (Wildman–Crippen MR) is 171 cm³/mol. The van der Waals surface area contributed by atoms with Gasteiger partial charge in [-0.05, 0) is 60.9 Å². The fraction of sp³-hybridized carbons (Fsp3) is 0.171. The van der Waals surface area contributed by atoms with Gasteiger partial charge in [0, 0.05) is 29.1 Å². The molecule has 3 aromatic carbocycles. The number of rotatable bonds is 4. The van der Waals surface area contributed by atoms with E-state index in [1.165, 1.54) is 28.4 Å². The lowest BCUT2D eigenvalue weighted by Gasteiger charge is -2.25. The molecular weight excluding hydrogens is 594 g/mol. The Bertz CT molecular complexity index is 1940. The third-order valence-corrected chi connectivity index (χ3v) is 9.28. The minimum Gasteiger partial charge on any atom is -0.491 e.